The highest BCUT2D eigenvalue weighted by atomic mass is 79.9. The molecule has 0 heterocycles. The van der Waals surface area contributed by atoms with Crippen molar-refractivity contribution < 1.29 is 14.3 Å². The summed E-state index contributed by atoms with van der Waals surface area (Å²) in [5.41, 5.74) is 3.62. The lowest BCUT2D eigenvalue weighted by atomic mass is 10.2. The summed E-state index contributed by atoms with van der Waals surface area (Å²) < 4.78 is 11.8. The summed E-state index contributed by atoms with van der Waals surface area (Å²) in [4.78, 5) is 12.4. The Hall–Kier alpha value is -2.86. The summed E-state index contributed by atoms with van der Waals surface area (Å²) in [6, 6.07) is 12.6. The van der Waals surface area contributed by atoms with Gasteiger partial charge >= 0.3 is 0 Å². The number of rotatable bonds is 9. The topological polar surface area (TPSA) is 59.9 Å². The molecule has 0 atom stereocenters. The third-order valence-corrected chi connectivity index (χ3v) is 3.68. The molecule has 2 aromatic carbocycles. The molecule has 26 heavy (non-hydrogen) atoms. The van der Waals surface area contributed by atoms with E-state index in [4.69, 9.17) is 9.47 Å². The molecule has 5 nitrogen and oxygen atoms in total. The van der Waals surface area contributed by atoms with Crippen LogP contribution in [0.25, 0.3) is 0 Å². The average molecular weight is 415 g/mol. The molecule has 0 aliphatic carbocycles. The summed E-state index contributed by atoms with van der Waals surface area (Å²) >= 11 is 3.35. The van der Waals surface area contributed by atoms with Gasteiger partial charge in [-0.15, -0.1) is 0 Å². The maximum atomic E-state index is 12.4. The lowest BCUT2D eigenvalue weighted by Crippen LogP contribution is -2.19. The third kappa shape index (κ3) is 5.60. The first kappa shape index (κ1) is 19.5. The second-order valence-electron chi connectivity index (χ2n) is 5.08. The molecule has 0 spiro atoms. The Labute approximate surface area is 161 Å². The number of hydrogen-bond acceptors (Lipinski definition) is 4. The molecule has 2 rings (SSSR count). The first-order chi connectivity index (χ1) is 12.7. The smallest absolute Gasteiger partial charge is 0.275 e. The van der Waals surface area contributed by atoms with Crippen molar-refractivity contribution in [2.24, 2.45) is 5.10 Å². The second kappa shape index (κ2) is 10.2. The van der Waals surface area contributed by atoms with E-state index < -0.39 is 0 Å². The van der Waals surface area contributed by atoms with E-state index in [9.17, 15) is 4.79 Å². The fourth-order valence-electron chi connectivity index (χ4n) is 2.04. The zero-order chi connectivity index (χ0) is 18.8. The lowest BCUT2D eigenvalue weighted by Gasteiger charge is -2.09. The van der Waals surface area contributed by atoms with Gasteiger partial charge in [-0.25, -0.2) is 5.43 Å². The Kier molecular flexibility index (Phi) is 7.64. The minimum atomic E-state index is -0.383. The van der Waals surface area contributed by atoms with E-state index >= 15 is 0 Å². The number of nitrogens with one attached hydrogen (secondary N) is 1. The summed E-state index contributed by atoms with van der Waals surface area (Å²) in [5.74, 6) is 0.726. The fourth-order valence-corrected chi connectivity index (χ4v) is 2.40. The fraction of sp³-hybridized carbons (Fsp3) is 0.100. The molecule has 134 valence electrons. The van der Waals surface area contributed by atoms with Gasteiger partial charge < -0.3 is 9.47 Å². The average Bonchev–Trinajstić information content (AvgIpc) is 2.66. The number of carbonyl (C=O) groups is 1. The van der Waals surface area contributed by atoms with Crippen LogP contribution in [0.3, 0.4) is 0 Å². The van der Waals surface area contributed by atoms with Crippen molar-refractivity contribution in [3.05, 3.63) is 83.4 Å². The molecule has 0 aliphatic heterocycles. The Morgan fingerprint density at radius 3 is 2.50 bits per heavy atom. The Bertz CT molecular complexity index is 818. The number of ether oxygens (including phenoxy) is 2. The Morgan fingerprint density at radius 1 is 1.08 bits per heavy atom. The van der Waals surface area contributed by atoms with Gasteiger partial charge in [-0.1, -0.05) is 53.4 Å². The van der Waals surface area contributed by atoms with Crippen LogP contribution in [0.15, 0.2) is 77.3 Å². The predicted octanol–water partition coefficient (Wildman–Crippen LogP) is 4.34. The van der Waals surface area contributed by atoms with Gasteiger partial charge in [0.05, 0.1) is 11.8 Å². The molecular formula is C20H19BrN2O3. The molecule has 6 heteroatoms. The molecule has 0 aliphatic rings. The van der Waals surface area contributed by atoms with Crippen molar-refractivity contribution in [1.82, 2.24) is 5.43 Å². The van der Waals surface area contributed by atoms with E-state index in [-0.39, 0.29) is 5.91 Å². The molecule has 0 unspecified atom stereocenters. The van der Waals surface area contributed by atoms with Gasteiger partial charge in [-0.05, 0) is 30.3 Å². The minimum Gasteiger partial charge on any atom is -0.489 e. The predicted molar refractivity (Wildman–Crippen MR) is 107 cm³/mol. The normalized spacial score (nSPS) is 10.3. The van der Waals surface area contributed by atoms with Crippen LogP contribution in [-0.2, 0) is 0 Å². The highest BCUT2D eigenvalue weighted by Gasteiger charge is 2.12. The van der Waals surface area contributed by atoms with Crippen molar-refractivity contribution >= 4 is 28.1 Å². The molecule has 1 N–H and O–H groups in total. The van der Waals surface area contributed by atoms with E-state index in [2.05, 4.69) is 39.6 Å². The molecule has 0 radical (unpaired) electrons. The van der Waals surface area contributed by atoms with Gasteiger partial charge in [0.2, 0.25) is 0 Å². The van der Waals surface area contributed by atoms with Gasteiger partial charge in [0.25, 0.3) is 5.91 Å². The largest absolute Gasteiger partial charge is 0.489 e. The van der Waals surface area contributed by atoms with Gasteiger partial charge in [-0.3, -0.25) is 4.79 Å². The van der Waals surface area contributed by atoms with E-state index in [1.807, 2.05) is 24.3 Å². The van der Waals surface area contributed by atoms with Crippen LogP contribution in [0, 0.1) is 0 Å². The third-order valence-electron chi connectivity index (χ3n) is 3.19. The zero-order valence-electron chi connectivity index (χ0n) is 14.2. The number of benzene rings is 2. The van der Waals surface area contributed by atoms with E-state index in [0.29, 0.717) is 30.3 Å². The number of halogens is 1. The standard InChI is InChI=1S/C20H19BrN2O3/c1-3-11-25-18-8-6-5-7-15(18)14-22-23-20(24)17-13-16(21)9-10-19(17)26-12-4-2/h3-10,13-14H,1-2,11-12H2,(H,23,24). The van der Waals surface area contributed by atoms with Crippen LogP contribution in [0.4, 0.5) is 0 Å². The number of amides is 1. The van der Waals surface area contributed by atoms with Gasteiger partial charge in [-0.2, -0.15) is 5.10 Å². The summed E-state index contributed by atoms with van der Waals surface area (Å²) in [7, 11) is 0. The molecule has 0 bridgehead atoms. The highest BCUT2D eigenvalue weighted by Crippen LogP contribution is 2.23. The molecule has 2 aromatic rings. The van der Waals surface area contributed by atoms with Gasteiger partial charge in [0.1, 0.15) is 24.7 Å². The van der Waals surface area contributed by atoms with Crippen LogP contribution in [0.5, 0.6) is 11.5 Å². The quantitative estimate of drug-likeness (QED) is 0.377. The summed E-state index contributed by atoms with van der Waals surface area (Å²) in [5, 5.41) is 4.02. The Morgan fingerprint density at radius 2 is 1.77 bits per heavy atom. The summed E-state index contributed by atoms with van der Waals surface area (Å²) in [6.45, 7) is 7.92. The first-order valence-electron chi connectivity index (χ1n) is 7.85. The first-order valence-corrected chi connectivity index (χ1v) is 8.64. The van der Waals surface area contributed by atoms with Crippen molar-refractivity contribution in [1.29, 1.82) is 0 Å². The van der Waals surface area contributed by atoms with Crippen LogP contribution < -0.4 is 14.9 Å². The van der Waals surface area contributed by atoms with Crippen LogP contribution >= 0.6 is 15.9 Å². The Balaban J connectivity index is 2.11. The molecule has 0 saturated carbocycles. The maximum absolute atomic E-state index is 12.4. The number of carbonyl (C=O) groups excluding carboxylic acids is 1. The van der Waals surface area contributed by atoms with E-state index in [0.717, 1.165) is 10.0 Å². The highest BCUT2D eigenvalue weighted by molar-refractivity contribution is 9.10. The van der Waals surface area contributed by atoms with Crippen molar-refractivity contribution in [2.45, 2.75) is 0 Å². The van der Waals surface area contributed by atoms with Gasteiger partial charge in [0, 0.05) is 10.0 Å². The van der Waals surface area contributed by atoms with Gasteiger partial charge in [0.15, 0.2) is 0 Å². The minimum absolute atomic E-state index is 0.305. The van der Waals surface area contributed by atoms with Crippen LogP contribution in [0.1, 0.15) is 15.9 Å². The molecular weight excluding hydrogens is 396 g/mol. The van der Waals surface area contributed by atoms with E-state index in [1.54, 1.807) is 30.4 Å². The van der Waals surface area contributed by atoms with Crippen LogP contribution in [0.2, 0.25) is 0 Å². The number of nitrogens with zero attached hydrogens (tertiary/aromatic N) is 1. The van der Waals surface area contributed by atoms with Crippen molar-refractivity contribution in [2.75, 3.05) is 13.2 Å². The van der Waals surface area contributed by atoms with Crippen LogP contribution in [-0.4, -0.2) is 25.3 Å². The number of hydrazone groups is 1. The summed E-state index contributed by atoms with van der Waals surface area (Å²) in [6.07, 6.45) is 4.80. The van der Waals surface area contributed by atoms with Crippen molar-refractivity contribution in [3.63, 3.8) is 0 Å². The molecule has 0 aromatic heterocycles. The molecule has 0 fully saturated rings. The number of para-hydroxylation sites is 1. The monoisotopic (exact) mass is 414 g/mol. The van der Waals surface area contributed by atoms with E-state index in [1.165, 1.54) is 6.21 Å². The SMILES string of the molecule is C=CCOc1ccccc1C=NNC(=O)c1cc(Br)ccc1OCC=C. The molecule has 1 amide bonds. The zero-order valence-corrected chi connectivity index (χ0v) is 15.7. The number of hydrogen-bond donors (Lipinski definition) is 1. The van der Waals surface area contributed by atoms with Crippen molar-refractivity contribution in [3.8, 4) is 11.5 Å². The lowest BCUT2D eigenvalue weighted by molar-refractivity contribution is 0.0951. The maximum Gasteiger partial charge on any atom is 0.275 e. The second-order valence-corrected chi connectivity index (χ2v) is 5.99. The molecule has 0 saturated heterocycles.